The quantitative estimate of drug-likeness (QED) is 0.676. The summed E-state index contributed by atoms with van der Waals surface area (Å²) in [6.45, 7) is 3.91. The lowest BCUT2D eigenvalue weighted by Crippen LogP contribution is -2.31. The summed E-state index contributed by atoms with van der Waals surface area (Å²) in [6, 6.07) is 4.52. The number of carbonyl (C=O) groups excluding carboxylic acids is 1. The van der Waals surface area contributed by atoms with Gasteiger partial charge in [0.05, 0.1) is 10.6 Å². The van der Waals surface area contributed by atoms with E-state index in [1.165, 1.54) is 33.2 Å². The number of benzene rings is 1. The summed E-state index contributed by atoms with van der Waals surface area (Å²) >= 11 is 1.47. The summed E-state index contributed by atoms with van der Waals surface area (Å²) in [5.74, 6) is -3.89. The van der Waals surface area contributed by atoms with Gasteiger partial charge in [0.25, 0.3) is 5.91 Å². The molecule has 1 aromatic heterocycles. The first-order chi connectivity index (χ1) is 12.8. The van der Waals surface area contributed by atoms with Crippen molar-refractivity contribution < 1.29 is 22.0 Å². The van der Waals surface area contributed by atoms with E-state index in [0.717, 1.165) is 43.5 Å². The second-order valence-corrected chi connectivity index (χ2v) is 9.09. The molecular weight excluding hydrogens is 394 g/mol. The third-order valence-electron chi connectivity index (χ3n) is 4.29. The maximum absolute atomic E-state index is 12.9. The number of halogens is 2. The van der Waals surface area contributed by atoms with Crippen molar-refractivity contribution in [3.63, 3.8) is 0 Å². The second kappa shape index (κ2) is 7.85. The van der Waals surface area contributed by atoms with Gasteiger partial charge in [0.2, 0.25) is 9.84 Å². The van der Waals surface area contributed by atoms with Crippen molar-refractivity contribution in [2.24, 2.45) is 0 Å². The average molecular weight is 412 g/mol. The minimum Gasteiger partial charge on any atom is -0.280 e. The lowest BCUT2D eigenvalue weighted by Gasteiger charge is -2.18. The number of hydrogen-bond donors (Lipinski definition) is 0. The molecule has 0 radical (unpaired) electrons. The van der Waals surface area contributed by atoms with Crippen molar-refractivity contribution in [3.05, 3.63) is 53.1 Å². The molecule has 1 amide bonds. The molecular formula is C18H18F2N2O3S2. The highest BCUT2D eigenvalue weighted by molar-refractivity contribution is 7.91. The molecule has 0 saturated heterocycles. The summed E-state index contributed by atoms with van der Waals surface area (Å²) in [5.41, 5.74) is 1.21. The minimum atomic E-state index is -4.69. The zero-order valence-corrected chi connectivity index (χ0v) is 16.0. The predicted molar refractivity (Wildman–Crippen MR) is 100 cm³/mol. The van der Waals surface area contributed by atoms with Gasteiger partial charge in [-0.05, 0) is 49.9 Å². The number of nitrogens with zero attached hydrogens (tertiary/aromatic N) is 2. The van der Waals surface area contributed by atoms with E-state index < -0.39 is 20.5 Å². The van der Waals surface area contributed by atoms with E-state index in [0.29, 0.717) is 5.13 Å². The smallest absolute Gasteiger partial charge is 0.280 e. The number of amides is 1. The first-order valence-corrected chi connectivity index (χ1v) is 10.7. The molecule has 0 unspecified atom stereocenters. The maximum atomic E-state index is 12.9. The van der Waals surface area contributed by atoms with E-state index in [9.17, 15) is 22.0 Å². The van der Waals surface area contributed by atoms with Crippen LogP contribution in [0.4, 0.5) is 13.9 Å². The highest BCUT2D eigenvalue weighted by Gasteiger charge is 2.27. The highest BCUT2D eigenvalue weighted by Crippen LogP contribution is 2.32. The molecule has 1 aliphatic carbocycles. The van der Waals surface area contributed by atoms with Crippen LogP contribution in [0.1, 0.15) is 33.8 Å². The second-order valence-electron chi connectivity index (χ2n) is 6.11. The Kier molecular flexibility index (Phi) is 5.71. The van der Waals surface area contributed by atoms with Crippen LogP contribution in [-0.4, -0.2) is 31.6 Å². The topological polar surface area (TPSA) is 67.3 Å². The van der Waals surface area contributed by atoms with Gasteiger partial charge in [-0.3, -0.25) is 9.69 Å². The number of hydrogen-bond acceptors (Lipinski definition) is 5. The van der Waals surface area contributed by atoms with Crippen LogP contribution >= 0.6 is 11.3 Å². The van der Waals surface area contributed by atoms with Crippen LogP contribution in [0.2, 0.25) is 0 Å². The van der Waals surface area contributed by atoms with Crippen LogP contribution in [0.5, 0.6) is 0 Å². The van der Waals surface area contributed by atoms with Crippen molar-refractivity contribution >= 4 is 32.2 Å². The van der Waals surface area contributed by atoms with Gasteiger partial charge in [-0.15, -0.1) is 17.9 Å². The standard InChI is InChI=1S/C18H18F2N2O3S2/c1-2-11-22(18-21-14-5-3-4-6-15(14)26-18)16(23)12-7-9-13(10-8-12)27(24,25)17(19)20/h2,7-10,17H,1,3-6,11H2. The molecule has 144 valence electrons. The van der Waals surface area contributed by atoms with Crippen LogP contribution in [0, 0.1) is 0 Å². The third-order valence-corrected chi connectivity index (χ3v) is 6.87. The van der Waals surface area contributed by atoms with Crippen molar-refractivity contribution in [1.29, 1.82) is 0 Å². The maximum Gasteiger partial charge on any atom is 0.341 e. The molecule has 5 nitrogen and oxygen atoms in total. The molecule has 0 atom stereocenters. The van der Waals surface area contributed by atoms with Gasteiger partial charge in [0, 0.05) is 17.0 Å². The number of aromatic nitrogens is 1. The predicted octanol–water partition coefficient (Wildman–Crippen LogP) is 3.85. The minimum absolute atomic E-state index is 0.193. The Labute approximate surface area is 160 Å². The fourth-order valence-corrected chi connectivity index (χ4v) is 4.75. The van der Waals surface area contributed by atoms with Gasteiger partial charge in [0.1, 0.15) is 0 Å². The number of carbonyl (C=O) groups is 1. The van der Waals surface area contributed by atoms with Gasteiger partial charge in [-0.2, -0.15) is 8.78 Å². The average Bonchev–Trinajstić information content (AvgIpc) is 3.09. The number of fused-ring (bicyclic) bond motifs is 1. The molecule has 27 heavy (non-hydrogen) atoms. The van der Waals surface area contributed by atoms with Crippen LogP contribution in [0.3, 0.4) is 0 Å². The number of anilines is 1. The van der Waals surface area contributed by atoms with E-state index in [4.69, 9.17) is 0 Å². The Morgan fingerprint density at radius 2 is 1.93 bits per heavy atom. The van der Waals surface area contributed by atoms with Gasteiger partial charge in [-0.25, -0.2) is 13.4 Å². The first kappa shape index (κ1) is 19.6. The summed E-state index contributed by atoms with van der Waals surface area (Å²) in [6.07, 6.45) is 5.59. The van der Waals surface area contributed by atoms with Crippen molar-refractivity contribution in [2.45, 2.75) is 36.3 Å². The molecule has 0 bridgehead atoms. The molecule has 0 N–H and O–H groups in total. The number of sulfone groups is 1. The molecule has 9 heteroatoms. The first-order valence-electron chi connectivity index (χ1n) is 8.38. The van der Waals surface area contributed by atoms with Crippen molar-refractivity contribution in [1.82, 2.24) is 4.98 Å². The molecule has 0 aliphatic heterocycles. The number of aryl methyl sites for hydroxylation is 2. The van der Waals surface area contributed by atoms with E-state index in [-0.39, 0.29) is 18.0 Å². The molecule has 0 fully saturated rings. The monoisotopic (exact) mass is 412 g/mol. The lowest BCUT2D eigenvalue weighted by atomic mass is 10.0. The normalized spacial score (nSPS) is 14.0. The van der Waals surface area contributed by atoms with Crippen molar-refractivity contribution in [3.8, 4) is 0 Å². The van der Waals surface area contributed by atoms with Gasteiger partial charge < -0.3 is 0 Å². The number of alkyl halides is 2. The molecule has 1 aromatic carbocycles. The van der Waals surface area contributed by atoms with Gasteiger partial charge >= 0.3 is 5.76 Å². The van der Waals surface area contributed by atoms with E-state index in [2.05, 4.69) is 11.6 Å². The van der Waals surface area contributed by atoms with E-state index in [1.54, 1.807) is 6.08 Å². The molecule has 2 aromatic rings. The van der Waals surface area contributed by atoms with E-state index >= 15 is 0 Å². The summed E-state index contributed by atoms with van der Waals surface area (Å²) in [7, 11) is -4.69. The van der Waals surface area contributed by atoms with Gasteiger partial charge in [-0.1, -0.05) is 6.08 Å². The van der Waals surface area contributed by atoms with Crippen LogP contribution in [-0.2, 0) is 22.7 Å². The van der Waals surface area contributed by atoms with Crippen LogP contribution in [0.25, 0.3) is 0 Å². The van der Waals surface area contributed by atoms with Crippen LogP contribution < -0.4 is 4.90 Å². The zero-order chi connectivity index (χ0) is 19.6. The SMILES string of the molecule is C=CCN(C(=O)c1ccc(S(=O)(=O)C(F)F)cc1)c1nc2c(s1)CCCC2. The Hall–Kier alpha value is -2.13. The molecule has 0 spiro atoms. The van der Waals surface area contributed by atoms with Gasteiger partial charge in [0.15, 0.2) is 5.13 Å². The lowest BCUT2D eigenvalue weighted by molar-refractivity contribution is 0.0989. The Morgan fingerprint density at radius 1 is 1.26 bits per heavy atom. The zero-order valence-electron chi connectivity index (χ0n) is 14.4. The third kappa shape index (κ3) is 3.93. The number of rotatable bonds is 6. The van der Waals surface area contributed by atoms with E-state index in [1.807, 2.05) is 0 Å². The highest BCUT2D eigenvalue weighted by atomic mass is 32.2. The number of thiazole rings is 1. The van der Waals surface area contributed by atoms with Crippen molar-refractivity contribution in [2.75, 3.05) is 11.4 Å². The molecule has 0 saturated carbocycles. The Balaban J connectivity index is 1.89. The largest absolute Gasteiger partial charge is 0.341 e. The molecule has 1 heterocycles. The Bertz CT molecular complexity index is 930. The summed E-state index contributed by atoms with van der Waals surface area (Å²) in [4.78, 5) is 19.6. The summed E-state index contributed by atoms with van der Waals surface area (Å²) in [5, 5.41) is 0.566. The fraction of sp³-hybridized carbons (Fsp3) is 0.333. The Morgan fingerprint density at radius 3 is 2.52 bits per heavy atom. The molecule has 3 rings (SSSR count). The fourth-order valence-electron chi connectivity index (χ4n) is 2.88. The van der Waals surface area contributed by atoms with Crippen LogP contribution in [0.15, 0.2) is 41.8 Å². The molecule has 1 aliphatic rings. The summed E-state index contributed by atoms with van der Waals surface area (Å²) < 4.78 is 48.3.